The molecule has 39 heavy (non-hydrogen) atoms. The first-order chi connectivity index (χ1) is 18.6. The lowest BCUT2D eigenvalue weighted by Crippen LogP contribution is -2.45. The fourth-order valence-corrected chi connectivity index (χ4v) is 4.37. The molecule has 14 heteroatoms. The van der Waals surface area contributed by atoms with Gasteiger partial charge in [0, 0.05) is 6.07 Å². The maximum absolute atomic E-state index is 14.1. The highest BCUT2D eigenvalue weighted by atomic mass is 32.1. The maximum Gasteiger partial charge on any atom is 0.325 e. The van der Waals surface area contributed by atoms with E-state index in [2.05, 4.69) is 9.69 Å². The second-order valence-corrected chi connectivity index (χ2v) is 8.64. The Morgan fingerprint density at radius 3 is 2.36 bits per heavy atom. The summed E-state index contributed by atoms with van der Waals surface area (Å²) in [6.07, 6.45) is 0. The van der Waals surface area contributed by atoms with Crippen LogP contribution < -0.4 is 31.2 Å². The third-order valence-corrected chi connectivity index (χ3v) is 6.30. The number of nitrogens with zero attached hydrogens (tertiary/aromatic N) is 2. The van der Waals surface area contributed by atoms with Gasteiger partial charge in [0.15, 0.2) is 5.69 Å². The van der Waals surface area contributed by atoms with Crippen LogP contribution in [0.15, 0.2) is 42.5 Å². The second kappa shape index (κ2) is 12.6. The van der Waals surface area contributed by atoms with E-state index in [0.717, 1.165) is 4.90 Å². The Balaban J connectivity index is 2.26. The molecule has 0 saturated heterocycles. The number of esters is 1. The van der Waals surface area contributed by atoms with Crippen LogP contribution in [-0.2, 0) is 14.3 Å². The number of nitrogens with one attached hydrogen (secondary N) is 1. The number of hydrogen-bond donors (Lipinski definition) is 4. The summed E-state index contributed by atoms with van der Waals surface area (Å²) in [6, 6.07) is 8.68. The molecule has 3 rings (SSSR count). The quantitative estimate of drug-likeness (QED) is 0.251. The predicted octanol–water partition coefficient (Wildman–Crippen LogP) is 1.61. The number of aromatic nitrogens is 1. The predicted molar refractivity (Wildman–Crippen MR) is 142 cm³/mol. The van der Waals surface area contributed by atoms with E-state index >= 15 is 0 Å². The smallest absolute Gasteiger partial charge is 0.325 e. The van der Waals surface area contributed by atoms with Crippen LogP contribution in [0.25, 0.3) is 0 Å². The number of amides is 3. The first kappa shape index (κ1) is 28.7. The van der Waals surface area contributed by atoms with Crippen LogP contribution in [0.4, 0.5) is 11.4 Å². The van der Waals surface area contributed by atoms with Gasteiger partial charge >= 0.3 is 5.97 Å². The van der Waals surface area contributed by atoms with Crippen LogP contribution in [0, 0.1) is 0 Å². The van der Waals surface area contributed by atoms with E-state index in [-0.39, 0.29) is 45.6 Å². The Morgan fingerprint density at radius 1 is 1.10 bits per heavy atom. The van der Waals surface area contributed by atoms with Gasteiger partial charge in [0.2, 0.25) is 5.91 Å². The summed E-state index contributed by atoms with van der Waals surface area (Å²) in [5.41, 5.74) is 11.2. The molecule has 1 atom stereocenters. The lowest BCUT2D eigenvalue weighted by Gasteiger charge is -2.32. The van der Waals surface area contributed by atoms with Crippen LogP contribution >= 0.6 is 11.5 Å². The number of phenolic OH excluding ortho intramolecular Hbond substituents is 1. The summed E-state index contributed by atoms with van der Waals surface area (Å²) in [6.45, 7) is 1.25. The Labute approximate surface area is 227 Å². The molecule has 0 radical (unpaired) electrons. The van der Waals surface area contributed by atoms with Crippen LogP contribution in [0.3, 0.4) is 0 Å². The standard InChI is InChI=1S/C25H27N5O8S/c1-4-38-18(32)12-28-24(34)21(13-5-7-14(31)8-6-13)30(16-11-15(36-2)9-10-17(16)37-3)25(35)22-19(26)20(23(27)33)29-39-22/h5-11,21,31H,4,12,26H2,1-3H3,(H2,27,33)(H,28,34). The van der Waals surface area contributed by atoms with E-state index < -0.39 is 36.3 Å². The van der Waals surface area contributed by atoms with Gasteiger partial charge in [-0.15, -0.1) is 0 Å². The molecule has 13 nitrogen and oxygen atoms in total. The molecule has 0 spiro atoms. The molecular weight excluding hydrogens is 530 g/mol. The molecule has 0 fully saturated rings. The molecule has 1 heterocycles. The van der Waals surface area contributed by atoms with E-state index in [1.54, 1.807) is 13.0 Å². The van der Waals surface area contributed by atoms with E-state index in [9.17, 15) is 24.3 Å². The molecule has 1 unspecified atom stereocenters. The lowest BCUT2D eigenvalue weighted by molar-refractivity contribution is -0.143. The average Bonchev–Trinajstić information content (AvgIpc) is 3.32. The summed E-state index contributed by atoms with van der Waals surface area (Å²) in [5.74, 6) is -2.79. The van der Waals surface area contributed by atoms with Gasteiger partial charge in [0.05, 0.1) is 32.2 Å². The molecule has 0 aliphatic heterocycles. The van der Waals surface area contributed by atoms with Gasteiger partial charge in [-0.05, 0) is 48.3 Å². The summed E-state index contributed by atoms with van der Waals surface area (Å²) in [7, 11) is 2.79. The third-order valence-electron chi connectivity index (χ3n) is 5.45. The number of hydrogen-bond acceptors (Lipinski definition) is 11. The number of carbonyl (C=O) groups is 4. The largest absolute Gasteiger partial charge is 0.508 e. The monoisotopic (exact) mass is 557 g/mol. The van der Waals surface area contributed by atoms with Crippen molar-refractivity contribution in [3.8, 4) is 17.2 Å². The van der Waals surface area contributed by atoms with Gasteiger partial charge in [-0.2, -0.15) is 4.37 Å². The van der Waals surface area contributed by atoms with Crippen LogP contribution in [0.2, 0.25) is 0 Å². The normalized spacial score (nSPS) is 11.3. The molecule has 0 aliphatic carbocycles. The van der Waals surface area contributed by atoms with E-state index in [0.29, 0.717) is 17.3 Å². The first-order valence-electron chi connectivity index (χ1n) is 11.5. The number of phenols is 1. The Kier molecular flexibility index (Phi) is 9.28. The van der Waals surface area contributed by atoms with Crippen LogP contribution in [-0.4, -0.2) is 60.5 Å². The molecular formula is C25H27N5O8S. The Morgan fingerprint density at radius 2 is 1.79 bits per heavy atom. The van der Waals surface area contributed by atoms with Crippen LogP contribution in [0.1, 0.15) is 38.7 Å². The van der Waals surface area contributed by atoms with Crippen molar-refractivity contribution in [3.05, 3.63) is 58.6 Å². The lowest BCUT2D eigenvalue weighted by atomic mass is 10.0. The number of anilines is 2. The molecule has 6 N–H and O–H groups in total. The average molecular weight is 558 g/mol. The zero-order chi connectivity index (χ0) is 28.7. The number of aromatic hydroxyl groups is 1. The minimum atomic E-state index is -1.44. The molecule has 3 aromatic rings. The number of nitrogens with two attached hydrogens (primary N) is 2. The van der Waals surface area contributed by atoms with Crippen molar-refractivity contribution in [3.63, 3.8) is 0 Å². The van der Waals surface area contributed by atoms with Crippen molar-refractivity contribution in [1.82, 2.24) is 9.69 Å². The summed E-state index contributed by atoms with van der Waals surface area (Å²) in [4.78, 5) is 52.5. The maximum atomic E-state index is 14.1. The summed E-state index contributed by atoms with van der Waals surface area (Å²) < 4.78 is 19.6. The zero-order valence-corrected chi connectivity index (χ0v) is 22.1. The molecule has 0 bridgehead atoms. The number of rotatable bonds is 11. The zero-order valence-electron chi connectivity index (χ0n) is 21.3. The van der Waals surface area contributed by atoms with E-state index in [1.165, 1.54) is 50.6 Å². The SMILES string of the molecule is CCOC(=O)CNC(=O)C(c1ccc(O)cc1)N(C(=O)c1snc(C(N)=O)c1N)c1cc(OC)ccc1OC. The van der Waals surface area contributed by atoms with Crippen molar-refractivity contribution < 1.29 is 38.5 Å². The minimum absolute atomic E-state index is 0.0842. The number of benzene rings is 2. The minimum Gasteiger partial charge on any atom is -0.508 e. The summed E-state index contributed by atoms with van der Waals surface area (Å²) >= 11 is 0.626. The van der Waals surface area contributed by atoms with Gasteiger partial charge in [0.1, 0.15) is 34.7 Å². The van der Waals surface area contributed by atoms with E-state index in [4.69, 9.17) is 25.7 Å². The Hall–Kier alpha value is -4.85. The van der Waals surface area contributed by atoms with E-state index in [1.807, 2.05) is 0 Å². The fourth-order valence-electron chi connectivity index (χ4n) is 3.63. The first-order valence-corrected chi connectivity index (χ1v) is 12.2. The molecule has 2 aromatic carbocycles. The van der Waals surface area contributed by atoms with Crippen molar-refractivity contribution >= 4 is 46.6 Å². The van der Waals surface area contributed by atoms with Crippen molar-refractivity contribution in [1.29, 1.82) is 0 Å². The fraction of sp³-hybridized carbons (Fsp3) is 0.240. The number of ether oxygens (including phenoxy) is 3. The van der Waals surface area contributed by atoms with Crippen molar-refractivity contribution in [2.45, 2.75) is 13.0 Å². The van der Waals surface area contributed by atoms with Gasteiger partial charge in [0.25, 0.3) is 11.8 Å². The number of methoxy groups -OCH3 is 2. The highest BCUT2D eigenvalue weighted by Crippen LogP contribution is 2.40. The van der Waals surface area contributed by atoms with Gasteiger partial charge < -0.3 is 36.1 Å². The highest BCUT2D eigenvalue weighted by molar-refractivity contribution is 7.09. The summed E-state index contributed by atoms with van der Waals surface area (Å²) in [5, 5.41) is 12.3. The number of primary amides is 1. The van der Waals surface area contributed by atoms with Gasteiger partial charge in [-0.3, -0.25) is 24.1 Å². The van der Waals surface area contributed by atoms with Crippen LogP contribution in [0.5, 0.6) is 17.2 Å². The second-order valence-electron chi connectivity index (χ2n) is 7.87. The van der Waals surface area contributed by atoms with Gasteiger partial charge in [-0.25, -0.2) is 0 Å². The Bertz CT molecular complexity index is 1380. The molecule has 0 aliphatic rings. The molecule has 1 aromatic heterocycles. The van der Waals surface area contributed by atoms with Gasteiger partial charge in [-0.1, -0.05) is 12.1 Å². The van der Waals surface area contributed by atoms with Crippen molar-refractivity contribution in [2.24, 2.45) is 5.73 Å². The molecule has 0 saturated carbocycles. The highest BCUT2D eigenvalue weighted by Gasteiger charge is 2.38. The molecule has 206 valence electrons. The molecule has 3 amide bonds. The topological polar surface area (TPSA) is 196 Å². The third kappa shape index (κ3) is 6.35. The van der Waals surface area contributed by atoms with Crippen molar-refractivity contribution in [2.75, 3.05) is 38.0 Å². The number of carbonyl (C=O) groups excluding carboxylic acids is 4. The number of nitrogen functional groups attached to an aromatic ring is 1.